The van der Waals surface area contributed by atoms with Crippen molar-refractivity contribution in [2.45, 2.75) is 19.3 Å². The van der Waals surface area contributed by atoms with Gasteiger partial charge in [-0.3, -0.25) is 4.98 Å². The Morgan fingerprint density at radius 1 is 1.35 bits per heavy atom. The standard InChI is InChI=1S/C18H21N3O4S/c1-26(24,25)21-7-3-4-13(12-21)8-16-10-19-11-17(20-16)14-5-2-6-15(9-14)18(22)23/h2,5-6,9-11,13H,3-4,7-8,12H2,1H3,(H,22,23)/t13-/m0/s1. The third-order valence-electron chi connectivity index (χ3n) is 4.54. The summed E-state index contributed by atoms with van der Waals surface area (Å²) >= 11 is 0. The van der Waals surface area contributed by atoms with E-state index in [-0.39, 0.29) is 11.5 Å². The number of piperidine rings is 1. The van der Waals surface area contributed by atoms with E-state index in [0.29, 0.717) is 30.8 Å². The summed E-state index contributed by atoms with van der Waals surface area (Å²) in [5.41, 5.74) is 2.29. The van der Waals surface area contributed by atoms with Gasteiger partial charge in [0.05, 0.1) is 29.4 Å². The number of sulfonamides is 1. The van der Waals surface area contributed by atoms with Gasteiger partial charge in [-0.2, -0.15) is 0 Å². The highest BCUT2D eigenvalue weighted by molar-refractivity contribution is 7.88. The van der Waals surface area contributed by atoms with Gasteiger partial charge in [-0.15, -0.1) is 0 Å². The molecule has 2 aromatic rings. The van der Waals surface area contributed by atoms with E-state index in [9.17, 15) is 13.2 Å². The number of carboxylic acid groups (broad SMARTS) is 1. The van der Waals surface area contributed by atoms with Gasteiger partial charge in [0.1, 0.15) is 0 Å². The van der Waals surface area contributed by atoms with Crippen molar-refractivity contribution in [1.82, 2.24) is 14.3 Å². The number of benzene rings is 1. The van der Waals surface area contributed by atoms with Crippen molar-refractivity contribution >= 4 is 16.0 Å². The van der Waals surface area contributed by atoms with Crippen LogP contribution in [0.15, 0.2) is 36.7 Å². The average molecular weight is 375 g/mol. The molecule has 0 amide bonds. The summed E-state index contributed by atoms with van der Waals surface area (Å²) in [6.07, 6.45) is 6.97. The molecule has 1 saturated heterocycles. The molecule has 0 saturated carbocycles. The highest BCUT2D eigenvalue weighted by atomic mass is 32.2. The Bertz CT molecular complexity index is 914. The second-order valence-corrected chi connectivity index (χ2v) is 8.60. The molecule has 3 rings (SSSR count). The van der Waals surface area contributed by atoms with Crippen LogP contribution in [0, 0.1) is 5.92 Å². The Hall–Kier alpha value is -2.32. The van der Waals surface area contributed by atoms with E-state index < -0.39 is 16.0 Å². The monoisotopic (exact) mass is 375 g/mol. The second-order valence-electron chi connectivity index (χ2n) is 6.61. The zero-order chi connectivity index (χ0) is 18.7. The first-order chi connectivity index (χ1) is 12.3. The molecule has 1 fully saturated rings. The van der Waals surface area contributed by atoms with Crippen molar-refractivity contribution in [1.29, 1.82) is 0 Å². The fourth-order valence-electron chi connectivity index (χ4n) is 3.25. The third kappa shape index (κ3) is 4.44. The largest absolute Gasteiger partial charge is 0.478 e. The minimum Gasteiger partial charge on any atom is -0.478 e. The molecule has 1 N–H and O–H groups in total. The lowest BCUT2D eigenvalue weighted by Gasteiger charge is -2.30. The average Bonchev–Trinajstić information content (AvgIpc) is 2.61. The van der Waals surface area contributed by atoms with E-state index in [2.05, 4.69) is 9.97 Å². The smallest absolute Gasteiger partial charge is 0.335 e. The number of carbonyl (C=O) groups is 1. The summed E-state index contributed by atoms with van der Waals surface area (Å²) < 4.78 is 25.0. The van der Waals surface area contributed by atoms with Crippen LogP contribution in [0.4, 0.5) is 0 Å². The number of hydrogen-bond acceptors (Lipinski definition) is 5. The number of nitrogens with zero attached hydrogens (tertiary/aromatic N) is 3. The van der Waals surface area contributed by atoms with E-state index in [1.165, 1.54) is 16.6 Å². The molecule has 0 bridgehead atoms. The number of aromatic carboxylic acids is 1. The topological polar surface area (TPSA) is 100 Å². The molecule has 1 aliphatic heterocycles. The Morgan fingerprint density at radius 2 is 2.15 bits per heavy atom. The lowest BCUT2D eigenvalue weighted by Crippen LogP contribution is -2.39. The quantitative estimate of drug-likeness (QED) is 0.858. The fraction of sp³-hybridized carbons (Fsp3) is 0.389. The molecule has 1 aromatic heterocycles. The lowest BCUT2D eigenvalue weighted by molar-refractivity contribution is 0.0697. The summed E-state index contributed by atoms with van der Waals surface area (Å²) in [6.45, 7) is 1.07. The van der Waals surface area contributed by atoms with Crippen LogP contribution < -0.4 is 0 Å². The van der Waals surface area contributed by atoms with Gasteiger partial charge in [0.15, 0.2) is 0 Å². The van der Waals surface area contributed by atoms with Crippen LogP contribution in [-0.4, -0.2) is 53.1 Å². The molecule has 0 unspecified atom stereocenters. The molecule has 1 aromatic carbocycles. The molecule has 8 heteroatoms. The molecule has 138 valence electrons. The van der Waals surface area contributed by atoms with Crippen LogP contribution in [0.2, 0.25) is 0 Å². The second kappa shape index (κ2) is 7.51. The predicted molar refractivity (Wildman–Crippen MR) is 97.3 cm³/mol. The Balaban J connectivity index is 1.77. The summed E-state index contributed by atoms with van der Waals surface area (Å²) in [4.78, 5) is 20.0. The molecular formula is C18H21N3O4S. The molecule has 0 radical (unpaired) electrons. The summed E-state index contributed by atoms with van der Waals surface area (Å²) in [6, 6.07) is 6.58. The number of hydrogen-bond donors (Lipinski definition) is 1. The van der Waals surface area contributed by atoms with Crippen molar-refractivity contribution < 1.29 is 18.3 Å². The van der Waals surface area contributed by atoms with Crippen LogP contribution in [0.1, 0.15) is 28.9 Å². The van der Waals surface area contributed by atoms with Crippen molar-refractivity contribution in [3.8, 4) is 11.3 Å². The van der Waals surface area contributed by atoms with Gasteiger partial charge in [-0.1, -0.05) is 12.1 Å². The number of rotatable bonds is 5. The van der Waals surface area contributed by atoms with Crippen LogP contribution >= 0.6 is 0 Å². The van der Waals surface area contributed by atoms with E-state index >= 15 is 0 Å². The molecule has 1 atom stereocenters. The van der Waals surface area contributed by atoms with Gasteiger partial charge in [0, 0.05) is 24.8 Å². The van der Waals surface area contributed by atoms with E-state index in [1.54, 1.807) is 30.6 Å². The summed E-state index contributed by atoms with van der Waals surface area (Å²) in [7, 11) is -3.17. The summed E-state index contributed by atoms with van der Waals surface area (Å²) in [5.74, 6) is -0.785. The van der Waals surface area contributed by atoms with Gasteiger partial charge in [0.25, 0.3) is 0 Å². The molecule has 2 heterocycles. The van der Waals surface area contributed by atoms with Gasteiger partial charge < -0.3 is 5.11 Å². The first-order valence-corrected chi connectivity index (χ1v) is 10.3. The van der Waals surface area contributed by atoms with Crippen molar-refractivity contribution in [2.75, 3.05) is 19.3 Å². The van der Waals surface area contributed by atoms with Crippen LogP contribution in [0.3, 0.4) is 0 Å². The highest BCUT2D eigenvalue weighted by Gasteiger charge is 2.26. The van der Waals surface area contributed by atoms with Gasteiger partial charge in [-0.05, 0) is 37.3 Å². The summed E-state index contributed by atoms with van der Waals surface area (Å²) in [5, 5.41) is 9.13. The first kappa shape index (κ1) is 18.5. The van der Waals surface area contributed by atoms with Gasteiger partial charge in [0.2, 0.25) is 10.0 Å². The Kier molecular flexibility index (Phi) is 5.33. The molecule has 26 heavy (non-hydrogen) atoms. The maximum Gasteiger partial charge on any atom is 0.335 e. The zero-order valence-corrected chi connectivity index (χ0v) is 15.3. The van der Waals surface area contributed by atoms with E-state index in [0.717, 1.165) is 18.5 Å². The van der Waals surface area contributed by atoms with Gasteiger partial charge >= 0.3 is 5.97 Å². The number of carboxylic acids is 1. The van der Waals surface area contributed by atoms with Crippen LogP contribution in [0.5, 0.6) is 0 Å². The lowest BCUT2D eigenvalue weighted by atomic mass is 9.95. The van der Waals surface area contributed by atoms with Crippen molar-refractivity contribution in [2.24, 2.45) is 5.92 Å². The van der Waals surface area contributed by atoms with E-state index in [4.69, 9.17) is 5.11 Å². The number of aromatic nitrogens is 2. The molecule has 0 aliphatic carbocycles. The van der Waals surface area contributed by atoms with Crippen LogP contribution in [-0.2, 0) is 16.4 Å². The third-order valence-corrected chi connectivity index (χ3v) is 5.81. The fourth-order valence-corrected chi connectivity index (χ4v) is 4.19. The predicted octanol–water partition coefficient (Wildman–Crippen LogP) is 2.06. The Labute approximate surface area is 152 Å². The molecule has 1 aliphatic rings. The van der Waals surface area contributed by atoms with E-state index in [1.807, 2.05) is 0 Å². The maximum atomic E-state index is 11.8. The van der Waals surface area contributed by atoms with Crippen LogP contribution in [0.25, 0.3) is 11.3 Å². The molecule has 0 spiro atoms. The van der Waals surface area contributed by atoms with Crippen molar-refractivity contribution in [3.63, 3.8) is 0 Å². The van der Waals surface area contributed by atoms with Crippen molar-refractivity contribution in [3.05, 3.63) is 47.9 Å². The minimum atomic E-state index is -3.17. The maximum absolute atomic E-state index is 11.8. The van der Waals surface area contributed by atoms with Gasteiger partial charge in [-0.25, -0.2) is 22.5 Å². The SMILES string of the molecule is CS(=O)(=O)N1CCC[C@@H](Cc2cncc(-c3cccc(C(=O)O)c3)n2)C1. The first-order valence-electron chi connectivity index (χ1n) is 8.42. The molecule has 7 nitrogen and oxygen atoms in total. The highest BCUT2D eigenvalue weighted by Crippen LogP contribution is 2.23. The molecular weight excluding hydrogens is 354 g/mol. The zero-order valence-electron chi connectivity index (χ0n) is 14.5. The Morgan fingerprint density at radius 3 is 2.88 bits per heavy atom. The normalized spacial score (nSPS) is 18.6. The minimum absolute atomic E-state index is 0.200.